The zero-order valence-corrected chi connectivity index (χ0v) is 29.8. The Morgan fingerprint density at radius 2 is 0.673 bits per heavy atom. The fourth-order valence-electron chi connectivity index (χ4n) is 8.54. The van der Waals surface area contributed by atoms with Crippen molar-refractivity contribution in [2.24, 2.45) is 0 Å². The Bertz CT molecular complexity index is 2600. The van der Waals surface area contributed by atoms with Crippen molar-refractivity contribution in [1.29, 1.82) is 0 Å². The van der Waals surface area contributed by atoms with E-state index in [2.05, 4.69) is 174 Å². The highest BCUT2D eigenvalue weighted by atomic mass is 16.3. The van der Waals surface area contributed by atoms with Crippen LogP contribution < -0.4 is 26.2 Å². The first-order valence-corrected chi connectivity index (χ1v) is 18.7. The number of hydrogen-bond donors (Lipinski definition) is 0. The first-order chi connectivity index (χ1) is 27.3. The summed E-state index contributed by atoms with van der Waals surface area (Å²) in [6, 6.07) is 67.5. The lowest BCUT2D eigenvalue weighted by molar-refractivity contribution is 0.582. The molecule has 5 heteroatoms. The topological polar surface area (TPSA) is 32.8 Å². The van der Waals surface area contributed by atoms with Crippen LogP contribution in [0.4, 0.5) is 34.1 Å². The predicted molar refractivity (Wildman–Crippen MR) is 227 cm³/mol. The van der Waals surface area contributed by atoms with E-state index in [1.54, 1.807) is 12.5 Å². The maximum absolute atomic E-state index is 5.61. The van der Waals surface area contributed by atoms with Gasteiger partial charge in [-0.3, -0.25) is 0 Å². The lowest BCUT2D eigenvalue weighted by Crippen LogP contribution is -2.61. The van der Waals surface area contributed by atoms with E-state index >= 15 is 0 Å². The van der Waals surface area contributed by atoms with Gasteiger partial charge in [-0.15, -0.1) is 0 Å². The highest BCUT2D eigenvalue weighted by Gasteiger charge is 2.42. The molecular formula is C50H33BN2O2. The fraction of sp³-hybridized carbons (Fsp3) is 0. The van der Waals surface area contributed by atoms with E-state index in [4.69, 9.17) is 8.83 Å². The number of hydrogen-bond acceptors (Lipinski definition) is 4. The first kappa shape index (κ1) is 31.3. The maximum atomic E-state index is 5.61. The van der Waals surface area contributed by atoms with Gasteiger partial charge in [0.1, 0.15) is 11.5 Å². The van der Waals surface area contributed by atoms with Crippen molar-refractivity contribution in [2.45, 2.75) is 0 Å². The maximum Gasteiger partial charge on any atom is 0.252 e. The molecule has 55 heavy (non-hydrogen) atoms. The van der Waals surface area contributed by atoms with Crippen LogP contribution >= 0.6 is 0 Å². The molecule has 4 nitrogen and oxygen atoms in total. The quantitative estimate of drug-likeness (QED) is 0.161. The molecule has 0 atom stereocenters. The Kier molecular flexibility index (Phi) is 7.24. The molecule has 2 aliphatic rings. The third-order valence-corrected chi connectivity index (χ3v) is 11.1. The van der Waals surface area contributed by atoms with Gasteiger partial charge in [-0.05, 0) is 111 Å². The van der Waals surface area contributed by atoms with Crippen LogP contribution in [0.25, 0.3) is 44.9 Å². The molecule has 2 aromatic heterocycles. The van der Waals surface area contributed by atoms with Crippen LogP contribution in [0.1, 0.15) is 0 Å². The summed E-state index contributed by atoms with van der Waals surface area (Å²) in [6.07, 6.45) is 3.43. The lowest BCUT2D eigenvalue weighted by atomic mass is 9.33. The van der Waals surface area contributed by atoms with Gasteiger partial charge in [0.05, 0.1) is 12.5 Å². The second-order valence-corrected chi connectivity index (χ2v) is 14.1. The Morgan fingerprint density at radius 3 is 1.07 bits per heavy atom. The van der Waals surface area contributed by atoms with Crippen molar-refractivity contribution in [3.8, 4) is 44.9 Å². The van der Waals surface area contributed by atoms with Gasteiger partial charge in [0, 0.05) is 45.3 Å². The van der Waals surface area contributed by atoms with E-state index in [1.165, 1.54) is 61.4 Å². The molecule has 0 saturated carbocycles. The SMILES string of the molecule is c1coc(-c2ccc(-c3ccc(N4c5ccccc5B5c6ccccc6N(c6ccc(-c7ccc(-c8ccco8)cc7)cc6)c6cccc4c65)cc3)cc2)c1. The molecule has 258 valence electrons. The fourth-order valence-corrected chi connectivity index (χ4v) is 8.54. The van der Waals surface area contributed by atoms with Gasteiger partial charge >= 0.3 is 0 Å². The average molecular weight is 705 g/mol. The molecule has 0 radical (unpaired) electrons. The average Bonchev–Trinajstić information content (AvgIpc) is 4.01. The monoisotopic (exact) mass is 704 g/mol. The van der Waals surface area contributed by atoms with Crippen molar-refractivity contribution < 1.29 is 8.83 Å². The summed E-state index contributed by atoms with van der Waals surface area (Å²) in [7, 11) is 0. The molecule has 0 saturated heterocycles. The predicted octanol–water partition coefficient (Wildman–Crippen LogP) is 11.6. The molecule has 0 N–H and O–H groups in total. The van der Waals surface area contributed by atoms with Crippen molar-refractivity contribution in [2.75, 3.05) is 9.80 Å². The molecule has 7 aromatic carbocycles. The highest BCUT2D eigenvalue weighted by molar-refractivity contribution is 7.00. The Hall–Kier alpha value is -7.24. The van der Waals surface area contributed by atoms with E-state index in [-0.39, 0.29) is 6.71 Å². The van der Waals surface area contributed by atoms with Gasteiger partial charge in [-0.1, -0.05) is 115 Å². The van der Waals surface area contributed by atoms with Gasteiger partial charge < -0.3 is 18.6 Å². The highest BCUT2D eigenvalue weighted by Crippen LogP contribution is 2.44. The Labute approximate surface area is 320 Å². The minimum Gasteiger partial charge on any atom is -0.464 e. The number of furan rings is 2. The molecule has 0 spiro atoms. The molecule has 0 unspecified atom stereocenters. The van der Waals surface area contributed by atoms with Crippen molar-refractivity contribution >= 4 is 57.2 Å². The molecule has 0 aliphatic carbocycles. The summed E-state index contributed by atoms with van der Waals surface area (Å²) in [6.45, 7) is 0.102. The van der Waals surface area contributed by atoms with E-state index in [0.717, 1.165) is 34.0 Å². The van der Waals surface area contributed by atoms with Crippen molar-refractivity contribution in [3.63, 3.8) is 0 Å². The summed E-state index contributed by atoms with van der Waals surface area (Å²) in [5.74, 6) is 1.75. The van der Waals surface area contributed by atoms with Crippen molar-refractivity contribution in [1.82, 2.24) is 0 Å². The van der Waals surface area contributed by atoms with Crippen molar-refractivity contribution in [3.05, 3.63) is 201 Å². The van der Waals surface area contributed by atoms with Crippen LogP contribution in [0.3, 0.4) is 0 Å². The molecule has 0 fully saturated rings. The molecule has 11 rings (SSSR count). The molecular weight excluding hydrogens is 671 g/mol. The smallest absolute Gasteiger partial charge is 0.252 e. The third kappa shape index (κ3) is 5.16. The van der Waals surface area contributed by atoms with Gasteiger partial charge in [0.25, 0.3) is 6.71 Å². The minimum absolute atomic E-state index is 0.102. The second-order valence-electron chi connectivity index (χ2n) is 14.1. The summed E-state index contributed by atoms with van der Waals surface area (Å²) >= 11 is 0. The van der Waals surface area contributed by atoms with Crippen LogP contribution in [0.2, 0.25) is 0 Å². The molecule has 2 aliphatic heterocycles. The van der Waals surface area contributed by atoms with Gasteiger partial charge in [-0.2, -0.15) is 0 Å². The summed E-state index contributed by atoms with van der Waals surface area (Å²) in [5, 5.41) is 0. The zero-order chi connectivity index (χ0) is 36.3. The number of fused-ring (bicyclic) bond motifs is 4. The standard InChI is InChI=1S/C50H33BN2O2/c1-3-10-44-42(8-1)51-43-9-2-4-11-45(43)53(41-30-26-37(27-31-41)35-18-22-39(23-19-35)49-15-7-33-55-49)47-13-5-12-46(50(47)51)52(44)40-28-24-36(25-29-40)34-16-20-38(21-17-34)48-14-6-32-54-48/h1-33H. The second kappa shape index (κ2) is 12.7. The van der Waals surface area contributed by atoms with E-state index < -0.39 is 0 Å². The summed E-state index contributed by atoms with van der Waals surface area (Å²) in [5.41, 5.74) is 17.8. The minimum atomic E-state index is 0.102. The van der Waals surface area contributed by atoms with Crippen LogP contribution in [0.5, 0.6) is 0 Å². The largest absolute Gasteiger partial charge is 0.464 e. The molecule has 9 aromatic rings. The number of benzene rings is 7. The first-order valence-electron chi connectivity index (χ1n) is 18.7. The normalized spacial score (nSPS) is 12.6. The number of nitrogens with zero attached hydrogens (tertiary/aromatic N) is 2. The lowest BCUT2D eigenvalue weighted by Gasteiger charge is -2.44. The number of para-hydroxylation sites is 2. The van der Waals surface area contributed by atoms with Crippen LogP contribution in [0, 0.1) is 0 Å². The van der Waals surface area contributed by atoms with E-state index in [9.17, 15) is 0 Å². The van der Waals surface area contributed by atoms with Crippen LogP contribution in [0.15, 0.2) is 209 Å². The zero-order valence-electron chi connectivity index (χ0n) is 29.8. The van der Waals surface area contributed by atoms with E-state index in [0.29, 0.717) is 0 Å². The van der Waals surface area contributed by atoms with Gasteiger partial charge in [0.2, 0.25) is 0 Å². The third-order valence-electron chi connectivity index (χ3n) is 11.1. The van der Waals surface area contributed by atoms with E-state index in [1.807, 2.05) is 24.3 Å². The Balaban J connectivity index is 0.985. The van der Waals surface area contributed by atoms with Crippen LogP contribution in [-0.2, 0) is 0 Å². The molecule has 4 heterocycles. The summed E-state index contributed by atoms with van der Waals surface area (Å²) < 4.78 is 11.2. The van der Waals surface area contributed by atoms with Gasteiger partial charge in [-0.25, -0.2) is 0 Å². The van der Waals surface area contributed by atoms with Crippen LogP contribution in [-0.4, -0.2) is 6.71 Å². The number of anilines is 6. The number of rotatable bonds is 6. The Morgan fingerprint density at radius 1 is 0.309 bits per heavy atom. The summed E-state index contributed by atoms with van der Waals surface area (Å²) in [4.78, 5) is 4.88. The molecule has 0 amide bonds. The molecule has 0 bridgehead atoms. The van der Waals surface area contributed by atoms with Gasteiger partial charge in [0.15, 0.2) is 0 Å².